The lowest BCUT2D eigenvalue weighted by Crippen LogP contribution is -2.47. The molecule has 0 spiro atoms. The molecule has 0 unspecified atom stereocenters. The fraction of sp³-hybridized carbons (Fsp3) is 0.308. The van der Waals surface area contributed by atoms with Crippen molar-refractivity contribution in [1.29, 1.82) is 0 Å². The van der Waals surface area contributed by atoms with E-state index in [1.165, 1.54) is 0 Å². The summed E-state index contributed by atoms with van der Waals surface area (Å²) in [6, 6.07) is 8.50. The largest absolute Gasteiger partial charge is 0.349 e. The smallest absolute Gasteiger partial charge is 0.296 e. The van der Waals surface area contributed by atoms with E-state index in [1.807, 2.05) is 41.5 Å². The topological polar surface area (TPSA) is 255 Å². The van der Waals surface area contributed by atoms with Crippen LogP contribution < -0.4 is 31.9 Å². The van der Waals surface area contributed by atoms with Gasteiger partial charge in [0.2, 0.25) is 35.8 Å². The van der Waals surface area contributed by atoms with E-state index in [9.17, 15) is 25.9 Å². The van der Waals surface area contributed by atoms with Crippen molar-refractivity contribution in [2.24, 2.45) is 30.0 Å². The summed E-state index contributed by atoms with van der Waals surface area (Å²) < 4.78 is 70.0. The zero-order valence-corrected chi connectivity index (χ0v) is 27.1. The zero-order chi connectivity index (χ0) is 33.7. The third kappa shape index (κ3) is 8.21. The molecule has 0 aliphatic carbocycles. The van der Waals surface area contributed by atoms with Crippen LogP contribution in [0.1, 0.15) is 41.5 Å². The Hall–Kier alpha value is -4.92. The minimum Gasteiger partial charge on any atom is -0.349 e. The van der Waals surface area contributed by atoms with Crippen molar-refractivity contribution < 1.29 is 25.9 Å². The summed E-state index contributed by atoms with van der Waals surface area (Å²) >= 11 is 0. The van der Waals surface area contributed by atoms with Crippen molar-refractivity contribution in [3.63, 3.8) is 0 Å². The predicted molar refractivity (Wildman–Crippen MR) is 176 cm³/mol. The number of nitrogens with zero attached hydrogens (tertiary/aromatic N) is 6. The van der Waals surface area contributed by atoms with Gasteiger partial charge >= 0.3 is 0 Å². The van der Waals surface area contributed by atoms with Crippen LogP contribution in [-0.2, 0) is 20.2 Å². The van der Waals surface area contributed by atoms with E-state index < -0.39 is 52.5 Å². The second-order valence-corrected chi connectivity index (χ2v) is 15.0. The van der Waals surface area contributed by atoms with E-state index in [1.54, 1.807) is 24.3 Å². The maximum absolute atomic E-state index is 12.5. The van der Waals surface area contributed by atoms with Crippen LogP contribution in [0.15, 0.2) is 76.1 Å². The first-order valence-corrected chi connectivity index (χ1v) is 16.5. The Morgan fingerprint density at radius 1 is 0.565 bits per heavy atom. The molecule has 2 aromatic rings. The quantitative estimate of drug-likeness (QED) is 0.214. The van der Waals surface area contributed by atoms with Gasteiger partial charge < -0.3 is 21.3 Å². The van der Waals surface area contributed by atoms with Crippen LogP contribution in [0.3, 0.4) is 0 Å². The van der Waals surface area contributed by atoms with E-state index in [0.29, 0.717) is 17.4 Å². The summed E-state index contributed by atoms with van der Waals surface area (Å²) in [6.45, 7) is 11.2. The molecule has 4 heterocycles. The van der Waals surface area contributed by atoms with Crippen LogP contribution in [0, 0.1) is 0 Å². The van der Waals surface area contributed by atoms with Crippen LogP contribution in [0.4, 0.5) is 22.7 Å². The Morgan fingerprint density at radius 3 is 1.26 bits per heavy atom. The summed E-state index contributed by atoms with van der Waals surface area (Å²) in [4.78, 5) is 24.2. The van der Waals surface area contributed by atoms with Gasteiger partial charge in [-0.05, 0) is 77.9 Å². The van der Waals surface area contributed by atoms with Crippen LogP contribution in [-0.4, -0.2) is 72.8 Å². The van der Waals surface area contributed by atoms with Gasteiger partial charge in [-0.2, -0.15) is 36.8 Å². The van der Waals surface area contributed by atoms with Crippen molar-refractivity contribution in [1.82, 2.24) is 21.3 Å². The molecule has 0 amide bonds. The molecular formula is C26H32N12O6S2. The molecule has 0 atom stereocenters. The molecule has 4 aliphatic rings. The molecule has 0 fully saturated rings. The lowest BCUT2D eigenvalue weighted by molar-refractivity contribution is 0.481. The van der Waals surface area contributed by atoms with Gasteiger partial charge in [0.25, 0.3) is 20.2 Å². The van der Waals surface area contributed by atoms with Crippen molar-refractivity contribution in [2.45, 2.75) is 62.4 Å². The maximum atomic E-state index is 12.5. The van der Waals surface area contributed by atoms with E-state index in [0.717, 1.165) is 6.07 Å². The molecule has 0 saturated heterocycles. The zero-order valence-electron chi connectivity index (χ0n) is 25.5. The van der Waals surface area contributed by atoms with Gasteiger partial charge in [0.05, 0.1) is 11.4 Å². The summed E-state index contributed by atoms with van der Waals surface area (Å²) in [5, 5.41) is 18.1. The first kappa shape index (κ1) is 32.5. The fourth-order valence-electron chi connectivity index (χ4n) is 4.06. The normalized spacial score (nSPS) is 16.8. The summed E-state index contributed by atoms with van der Waals surface area (Å²) in [5.74, 6) is 0.154. The molecule has 8 bridgehead atoms. The Bertz CT molecular complexity index is 1860. The Morgan fingerprint density at radius 2 is 0.935 bits per heavy atom. The molecule has 18 nitrogen and oxygen atoms in total. The minimum absolute atomic E-state index is 0.108. The van der Waals surface area contributed by atoms with Crippen molar-refractivity contribution >= 4 is 78.7 Å². The molecule has 46 heavy (non-hydrogen) atoms. The third-order valence-corrected chi connectivity index (χ3v) is 7.52. The second kappa shape index (κ2) is 11.5. The molecule has 0 aromatic heterocycles. The standard InChI is InChI=1S/C26H32N12O6S2/c1-25(2,3)37-23-33-19-27-13-7-9-14(10-8-13)28-20-32-22(36-24(34-20)38-26(4,5)6)30-16-11-15(29-21(31-19)35-23)17(45(39,40)41)12-18(16)46(42,43)44/h7-12H,1-6H3,(H,39,40,41)(H,42,43,44)(H3,27,29,31,33,35,37)(H3,28,30,32,34,36,38). The second-order valence-electron chi connectivity index (χ2n) is 12.2. The number of guanidine groups is 6. The van der Waals surface area contributed by atoms with Crippen LogP contribution in [0.2, 0.25) is 0 Å². The third-order valence-electron chi connectivity index (χ3n) is 5.75. The Balaban J connectivity index is 1.79. The molecule has 4 aliphatic heterocycles. The maximum Gasteiger partial charge on any atom is 0.296 e. The molecule has 20 heteroatoms. The van der Waals surface area contributed by atoms with Gasteiger partial charge in [-0.1, -0.05) is 0 Å². The van der Waals surface area contributed by atoms with E-state index >= 15 is 0 Å². The summed E-state index contributed by atoms with van der Waals surface area (Å²) in [7, 11) is -10.2. The summed E-state index contributed by atoms with van der Waals surface area (Å²) in [6.07, 6.45) is 0. The average molecular weight is 673 g/mol. The van der Waals surface area contributed by atoms with Crippen molar-refractivity contribution in [3.05, 3.63) is 36.4 Å². The van der Waals surface area contributed by atoms with Gasteiger partial charge in [-0.25, -0.2) is 9.98 Å². The Labute approximate surface area is 265 Å². The summed E-state index contributed by atoms with van der Waals surface area (Å²) in [5.41, 5.74) is -0.711. The average Bonchev–Trinajstić information content (AvgIpc) is 2.86. The molecular weight excluding hydrogens is 640 g/mol. The number of rotatable bonds is 2. The molecule has 6 rings (SSSR count). The minimum atomic E-state index is -5.10. The molecule has 0 saturated carbocycles. The lowest BCUT2D eigenvalue weighted by atomic mass is 10.1. The van der Waals surface area contributed by atoms with Gasteiger partial charge in [-0.15, -0.1) is 0 Å². The number of fused-ring (bicyclic) bond motifs is 2. The van der Waals surface area contributed by atoms with Gasteiger partial charge in [0, 0.05) is 22.5 Å². The van der Waals surface area contributed by atoms with Gasteiger partial charge in [-0.3, -0.25) is 19.7 Å². The van der Waals surface area contributed by atoms with Gasteiger partial charge in [0.15, 0.2) is 0 Å². The number of nitrogens with one attached hydrogen (secondary N) is 6. The highest BCUT2D eigenvalue weighted by Crippen LogP contribution is 2.36. The first-order valence-electron chi connectivity index (χ1n) is 13.6. The first-order chi connectivity index (χ1) is 21.2. The Kier molecular flexibility index (Phi) is 8.09. The number of aliphatic imine (C=N–C) groups is 6. The number of anilines is 2. The highest BCUT2D eigenvalue weighted by molar-refractivity contribution is 7.86. The molecule has 244 valence electrons. The highest BCUT2D eigenvalue weighted by atomic mass is 32.2. The van der Waals surface area contributed by atoms with Crippen molar-refractivity contribution in [3.8, 4) is 0 Å². The van der Waals surface area contributed by atoms with Crippen LogP contribution >= 0.6 is 0 Å². The molecule has 2 aromatic carbocycles. The van der Waals surface area contributed by atoms with Crippen LogP contribution in [0.5, 0.6) is 0 Å². The van der Waals surface area contributed by atoms with Crippen LogP contribution in [0.25, 0.3) is 0 Å². The monoisotopic (exact) mass is 672 g/mol. The van der Waals surface area contributed by atoms with Gasteiger partial charge in [0.1, 0.15) is 9.79 Å². The number of hydrogen-bond acceptors (Lipinski definition) is 16. The predicted octanol–water partition coefficient (Wildman–Crippen LogP) is 2.10. The van der Waals surface area contributed by atoms with E-state index in [2.05, 4.69) is 61.9 Å². The van der Waals surface area contributed by atoms with E-state index in [4.69, 9.17) is 0 Å². The SMILES string of the molecule is CC(C)(C)NC1=NC2=Nc3cc(c(S(=O)(=O)O)cc3S(=O)(=O)O)N=C3N=C(NC(C)(C)C)N=C(N3)Nc3ccc(cc3)NC(=N1)N2. The number of benzene rings is 2. The molecule has 0 radical (unpaired) electrons. The van der Waals surface area contributed by atoms with Crippen molar-refractivity contribution in [2.75, 3.05) is 10.6 Å². The fourth-order valence-corrected chi connectivity index (χ4v) is 5.40. The molecule has 8 N–H and O–H groups in total. The highest BCUT2D eigenvalue weighted by Gasteiger charge is 2.27. The lowest BCUT2D eigenvalue weighted by Gasteiger charge is -2.24. The van der Waals surface area contributed by atoms with E-state index in [-0.39, 0.29) is 35.8 Å². The number of hydrogen-bond donors (Lipinski definition) is 8.